The fourth-order valence-electron chi connectivity index (χ4n) is 1.24. The Morgan fingerprint density at radius 1 is 1.25 bits per heavy atom. The molecule has 1 nitrogen and oxygen atoms in total. The van der Waals surface area contributed by atoms with Crippen LogP contribution in [0.1, 0.15) is 41.0 Å². The molecule has 0 spiro atoms. The van der Waals surface area contributed by atoms with Crippen molar-refractivity contribution < 1.29 is 4.43 Å². The van der Waals surface area contributed by atoms with Gasteiger partial charge in [-0.05, 0) is 23.7 Å². The maximum Gasteiger partial charge on any atom is 0.145 e. The predicted molar refractivity (Wildman–Crippen MR) is 58.3 cm³/mol. The fraction of sp³-hybridized carbons (Fsp3) is 1.00. The summed E-state index contributed by atoms with van der Waals surface area (Å²) in [5, 5.41) is 0. The maximum atomic E-state index is 5.23. The molecular weight excluding hydrogens is 164 g/mol. The van der Waals surface area contributed by atoms with Crippen molar-refractivity contribution in [3.63, 3.8) is 0 Å². The van der Waals surface area contributed by atoms with Gasteiger partial charge in [0.25, 0.3) is 0 Å². The third kappa shape index (κ3) is 3.28. The number of hydrogen-bond donors (Lipinski definition) is 0. The third-order valence-corrected chi connectivity index (χ3v) is 3.92. The SMILES string of the molecule is CC(C)C(C)(C)C(C)CCO[SiH3]. The average Bonchev–Trinajstić information content (AvgIpc) is 1.99. The minimum Gasteiger partial charge on any atom is -0.428 e. The van der Waals surface area contributed by atoms with Crippen LogP contribution in [0.3, 0.4) is 0 Å². The Labute approximate surface area is 80.4 Å². The second-order valence-corrected chi connectivity index (χ2v) is 5.24. The molecule has 0 aromatic carbocycles. The molecule has 0 N–H and O–H groups in total. The second kappa shape index (κ2) is 5.03. The lowest BCUT2D eigenvalue weighted by Crippen LogP contribution is -2.28. The van der Waals surface area contributed by atoms with Gasteiger partial charge in [0, 0.05) is 6.61 Å². The molecule has 2 heteroatoms. The monoisotopic (exact) mass is 188 g/mol. The van der Waals surface area contributed by atoms with Crippen LogP contribution in [0, 0.1) is 17.3 Å². The van der Waals surface area contributed by atoms with E-state index in [0.717, 1.165) is 28.9 Å². The van der Waals surface area contributed by atoms with Gasteiger partial charge in [-0.15, -0.1) is 0 Å². The zero-order valence-electron chi connectivity index (χ0n) is 9.48. The summed E-state index contributed by atoms with van der Waals surface area (Å²) in [6.07, 6.45) is 1.20. The van der Waals surface area contributed by atoms with Crippen molar-refractivity contribution in [2.45, 2.75) is 41.0 Å². The van der Waals surface area contributed by atoms with Gasteiger partial charge in [-0.2, -0.15) is 0 Å². The Kier molecular flexibility index (Phi) is 5.10. The van der Waals surface area contributed by atoms with E-state index in [1.165, 1.54) is 6.42 Å². The van der Waals surface area contributed by atoms with Gasteiger partial charge in [-0.3, -0.25) is 0 Å². The highest BCUT2D eigenvalue weighted by atomic mass is 28.2. The van der Waals surface area contributed by atoms with E-state index in [1.807, 2.05) is 0 Å². The molecule has 0 aliphatic carbocycles. The first kappa shape index (κ1) is 12.2. The highest BCUT2D eigenvalue weighted by Gasteiger charge is 2.28. The van der Waals surface area contributed by atoms with Crippen LogP contribution >= 0.6 is 0 Å². The molecule has 0 rings (SSSR count). The highest BCUT2D eigenvalue weighted by molar-refractivity contribution is 5.97. The Hall–Kier alpha value is 0.177. The smallest absolute Gasteiger partial charge is 0.145 e. The quantitative estimate of drug-likeness (QED) is 0.600. The molecule has 0 amide bonds. The molecule has 0 fully saturated rings. The summed E-state index contributed by atoms with van der Waals surface area (Å²) in [6, 6.07) is 0. The molecule has 1 atom stereocenters. The van der Waals surface area contributed by atoms with Crippen molar-refractivity contribution in [2.24, 2.45) is 17.3 Å². The molecule has 0 aromatic rings. The van der Waals surface area contributed by atoms with Crippen LogP contribution in [0.2, 0.25) is 0 Å². The molecule has 0 aliphatic heterocycles. The molecule has 1 unspecified atom stereocenters. The van der Waals surface area contributed by atoms with Crippen molar-refractivity contribution in [2.75, 3.05) is 6.61 Å². The van der Waals surface area contributed by atoms with Gasteiger partial charge in [-0.25, -0.2) is 0 Å². The van der Waals surface area contributed by atoms with Gasteiger partial charge in [-0.1, -0.05) is 34.6 Å². The van der Waals surface area contributed by atoms with Crippen molar-refractivity contribution >= 4 is 10.5 Å². The summed E-state index contributed by atoms with van der Waals surface area (Å²) in [6.45, 7) is 12.6. The minimum absolute atomic E-state index is 0.445. The standard InChI is InChI=1S/C10H24OSi/c1-8(2)10(4,5)9(3)6-7-11-12/h8-9H,6-7H2,1-5,12H3. The van der Waals surface area contributed by atoms with Crippen molar-refractivity contribution in [3.05, 3.63) is 0 Å². The third-order valence-electron chi connectivity index (χ3n) is 3.51. The second-order valence-electron chi connectivity index (χ2n) is 4.66. The molecule has 0 bridgehead atoms. The van der Waals surface area contributed by atoms with E-state index in [2.05, 4.69) is 34.6 Å². The van der Waals surface area contributed by atoms with E-state index in [9.17, 15) is 0 Å². The van der Waals surface area contributed by atoms with Crippen LogP contribution in [0.5, 0.6) is 0 Å². The van der Waals surface area contributed by atoms with Crippen LogP contribution in [0.4, 0.5) is 0 Å². The summed E-state index contributed by atoms with van der Waals surface area (Å²) in [5.41, 5.74) is 0.445. The molecule has 12 heavy (non-hydrogen) atoms. The first-order valence-electron chi connectivity index (χ1n) is 4.91. The topological polar surface area (TPSA) is 9.23 Å². The average molecular weight is 188 g/mol. The first-order valence-corrected chi connectivity index (χ1v) is 5.73. The van der Waals surface area contributed by atoms with Gasteiger partial charge in [0.05, 0.1) is 0 Å². The molecule has 74 valence electrons. The number of hydrogen-bond acceptors (Lipinski definition) is 1. The van der Waals surface area contributed by atoms with Crippen LogP contribution in [0.15, 0.2) is 0 Å². The lowest BCUT2D eigenvalue weighted by atomic mass is 9.70. The highest BCUT2D eigenvalue weighted by Crippen LogP contribution is 2.36. The van der Waals surface area contributed by atoms with Gasteiger partial charge >= 0.3 is 0 Å². The fourth-order valence-corrected chi connectivity index (χ4v) is 1.47. The molecular formula is C10H24OSi. The summed E-state index contributed by atoms with van der Waals surface area (Å²) < 4.78 is 5.23. The summed E-state index contributed by atoms with van der Waals surface area (Å²) in [4.78, 5) is 0. The lowest BCUT2D eigenvalue weighted by Gasteiger charge is -2.35. The Morgan fingerprint density at radius 3 is 2.08 bits per heavy atom. The van der Waals surface area contributed by atoms with Crippen molar-refractivity contribution in [1.29, 1.82) is 0 Å². The molecule has 0 aromatic heterocycles. The molecule has 0 aliphatic rings. The van der Waals surface area contributed by atoms with E-state index in [1.54, 1.807) is 0 Å². The lowest BCUT2D eigenvalue weighted by molar-refractivity contribution is 0.127. The number of rotatable bonds is 5. The first-order chi connectivity index (χ1) is 5.42. The van der Waals surface area contributed by atoms with E-state index in [-0.39, 0.29) is 0 Å². The maximum absolute atomic E-state index is 5.23. The summed E-state index contributed by atoms with van der Waals surface area (Å²) in [5.74, 6) is 1.51. The summed E-state index contributed by atoms with van der Waals surface area (Å²) >= 11 is 0. The molecule has 0 radical (unpaired) electrons. The zero-order chi connectivity index (χ0) is 9.78. The normalized spacial score (nSPS) is 15.5. The predicted octanol–water partition coefficient (Wildman–Crippen LogP) is 1.99. The Morgan fingerprint density at radius 2 is 1.75 bits per heavy atom. The van der Waals surface area contributed by atoms with E-state index < -0.39 is 0 Å². The van der Waals surface area contributed by atoms with Gasteiger partial charge in [0.15, 0.2) is 0 Å². The van der Waals surface area contributed by atoms with Crippen LogP contribution < -0.4 is 0 Å². The van der Waals surface area contributed by atoms with Crippen LogP contribution in [-0.4, -0.2) is 17.1 Å². The van der Waals surface area contributed by atoms with E-state index >= 15 is 0 Å². The Balaban J connectivity index is 3.97. The molecule has 0 saturated carbocycles. The Bertz CT molecular complexity index is 121. The van der Waals surface area contributed by atoms with Gasteiger partial charge in [0.1, 0.15) is 10.5 Å². The molecule has 0 saturated heterocycles. The van der Waals surface area contributed by atoms with Gasteiger partial charge < -0.3 is 4.43 Å². The van der Waals surface area contributed by atoms with Crippen LogP contribution in [0.25, 0.3) is 0 Å². The van der Waals surface area contributed by atoms with E-state index in [0.29, 0.717) is 5.41 Å². The van der Waals surface area contributed by atoms with Crippen molar-refractivity contribution in [3.8, 4) is 0 Å². The molecule has 0 heterocycles. The summed E-state index contributed by atoms with van der Waals surface area (Å²) in [7, 11) is 0.878. The minimum atomic E-state index is 0.445. The largest absolute Gasteiger partial charge is 0.428 e. The van der Waals surface area contributed by atoms with E-state index in [4.69, 9.17) is 4.43 Å². The van der Waals surface area contributed by atoms with Crippen molar-refractivity contribution in [1.82, 2.24) is 0 Å². The van der Waals surface area contributed by atoms with Crippen LogP contribution in [-0.2, 0) is 4.43 Å². The zero-order valence-corrected chi connectivity index (χ0v) is 11.5. The van der Waals surface area contributed by atoms with Gasteiger partial charge in [0.2, 0.25) is 0 Å².